The van der Waals surface area contributed by atoms with Gasteiger partial charge in [0.15, 0.2) is 0 Å². The number of nitrogens with zero attached hydrogens (tertiary/aromatic N) is 2. The van der Waals surface area contributed by atoms with Crippen molar-refractivity contribution < 1.29 is 13.2 Å². The molecule has 1 aliphatic rings. The molecule has 1 saturated heterocycles. The van der Waals surface area contributed by atoms with Crippen LogP contribution in [0.1, 0.15) is 12.8 Å². The first-order valence-electron chi connectivity index (χ1n) is 7.51. The van der Waals surface area contributed by atoms with Crippen LogP contribution in [0.15, 0.2) is 53.7 Å². The van der Waals surface area contributed by atoms with Gasteiger partial charge in [0.2, 0.25) is 15.9 Å². The van der Waals surface area contributed by atoms with Gasteiger partial charge in [-0.1, -0.05) is 0 Å². The molecule has 0 atom stereocenters. The summed E-state index contributed by atoms with van der Waals surface area (Å²) in [5.74, 6) is -0.573. The average molecular weight is 333 g/mol. The number of aromatic nitrogens is 1. The summed E-state index contributed by atoms with van der Waals surface area (Å²) < 4.78 is 28.7. The maximum Gasteiger partial charge on any atom is 0.243 e. The van der Waals surface area contributed by atoms with Gasteiger partial charge in [0, 0.05) is 37.1 Å². The Hall–Kier alpha value is -2.12. The first-order valence-corrected chi connectivity index (χ1v) is 8.95. The van der Waals surface area contributed by atoms with E-state index in [0.29, 0.717) is 25.9 Å². The molecule has 1 aromatic carbocycles. The fourth-order valence-corrected chi connectivity index (χ4v) is 4.30. The molecule has 2 heterocycles. The Morgan fingerprint density at radius 3 is 2.13 bits per heavy atom. The number of piperidine rings is 1. The molecule has 0 unspecified atom stereocenters. The first kappa shape index (κ1) is 15.8. The lowest BCUT2D eigenvalue weighted by molar-refractivity contribution is -0.122. The van der Waals surface area contributed by atoms with E-state index in [2.05, 4.69) is 0 Å². The molecule has 0 radical (unpaired) electrons. The van der Waals surface area contributed by atoms with E-state index in [1.165, 1.54) is 4.31 Å². The summed E-state index contributed by atoms with van der Waals surface area (Å²) in [6, 6.07) is 10.6. The van der Waals surface area contributed by atoms with Crippen molar-refractivity contribution in [2.45, 2.75) is 17.7 Å². The number of benzene rings is 1. The highest BCUT2D eigenvalue weighted by atomic mass is 32.2. The van der Waals surface area contributed by atoms with Gasteiger partial charge in [-0.25, -0.2) is 8.42 Å². The van der Waals surface area contributed by atoms with Crippen molar-refractivity contribution in [3.8, 4) is 5.69 Å². The van der Waals surface area contributed by atoms with Crippen LogP contribution in [0.5, 0.6) is 0 Å². The number of amides is 1. The van der Waals surface area contributed by atoms with E-state index in [4.69, 9.17) is 5.73 Å². The summed E-state index contributed by atoms with van der Waals surface area (Å²) in [6.45, 7) is 0.657. The SMILES string of the molecule is NC(=O)C1CCN(S(=O)(=O)c2ccc(-n3cccc3)cc2)CC1. The van der Waals surface area contributed by atoms with Crippen LogP contribution in [-0.2, 0) is 14.8 Å². The number of carbonyl (C=O) groups is 1. The van der Waals surface area contributed by atoms with Crippen LogP contribution in [-0.4, -0.2) is 36.3 Å². The standard InChI is InChI=1S/C16H19N3O3S/c17-16(20)13-7-11-19(12-8-13)23(21,22)15-5-3-14(4-6-15)18-9-1-2-10-18/h1-6,9-10,13H,7-8,11-12H2,(H2,17,20). The summed E-state index contributed by atoms with van der Waals surface area (Å²) in [5.41, 5.74) is 6.19. The zero-order chi connectivity index (χ0) is 16.4. The lowest BCUT2D eigenvalue weighted by Crippen LogP contribution is -2.41. The highest BCUT2D eigenvalue weighted by Crippen LogP contribution is 2.24. The highest BCUT2D eigenvalue weighted by molar-refractivity contribution is 7.89. The zero-order valence-electron chi connectivity index (χ0n) is 12.6. The van der Waals surface area contributed by atoms with Crippen LogP contribution in [0.2, 0.25) is 0 Å². The molecule has 0 saturated carbocycles. The van der Waals surface area contributed by atoms with Crippen LogP contribution < -0.4 is 5.73 Å². The predicted octanol–water partition coefficient (Wildman–Crippen LogP) is 1.36. The van der Waals surface area contributed by atoms with Gasteiger partial charge in [0.05, 0.1) is 4.90 Å². The minimum atomic E-state index is -3.52. The molecule has 1 amide bonds. The molecule has 2 aromatic rings. The lowest BCUT2D eigenvalue weighted by Gasteiger charge is -2.29. The molecule has 1 aliphatic heterocycles. The van der Waals surface area contributed by atoms with Crippen molar-refractivity contribution in [2.24, 2.45) is 11.7 Å². The minimum Gasteiger partial charge on any atom is -0.369 e. The molecular weight excluding hydrogens is 314 g/mol. The molecule has 0 bridgehead atoms. The van der Waals surface area contributed by atoms with Crippen LogP contribution >= 0.6 is 0 Å². The largest absolute Gasteiger partial charge is 0.369 e. The normalized spacial score (nSPS) is 17.2. The quantitative estimate of drug-likeness (QED) is 0.917. The molecule has 6 nitrogen and oxygen atoms in total. The molecule has 1 aromatic heterocycles. The Bertz CT molecular complexity index is 774. The van der Waals surface area contributed by atoms with Gasteiger partial charge in [-0.15, -0.1) is 0 Å². The van der Waals surface area contributed by atoms with E-state index in [9.17, 15) is 13.2 Å². The van der Waals surface area contributed by atoms with E-state index < -0.39 is 10.0 Å². The molecule has 2 N–H and O–H groups in total. The Morgan fingerprint density at radius 1 is 1.04 bits per heavy atom. The predicted molar refractivity (Wildman–Crippen MR) is 86.4 cm³/mol. The van der Waals surface area contributed by atoms with Crippen molar-refractivity contribution in [1.82, 2.24) is 8.87 Å². The number of carbonyl (C=O) groups excluding carboxylic acids is 1. The molecule has 3 rings (SSSR count). The smallest absolute Gasteiger partial charge is 0.243 e. The van der Waals surface area contributed by atoms with Gasteiger partial charge in [0.1, 0.15) is 0 Å². The van der Waals surface area contributed by atoms with Gasteiger partial charge in [0.25, 0.3) is 0 Å². The number of hydrogen-bond acceptors (Lipinski definition) is 3. The fraction of sp³-hybridized carbons (Fsp3) is 0.312. The number of hydrogen-bond donors (Lipinski definition) is 1. The average Bonchev–Trinajstić information content (AvgIpc) is 3.09. The minimum absolute atomic E-state index is 0.224. The summed E-state index contributed by atoms with van der Waals surface area (Å²) in [5, 5.41) is 0. The third-order valence-electron chi connectivity index (χ3n) is 4.23. The van der Waals surface area contributed by atoms with E-state index in [1.54, 1.807) is 24.3 Å². The van der Waals surface area contributed by atoms with Gasteiger partial charge in [-0.3, -0.25) is 4.79 Å². The number of sulfonamides is 1. The molecule has 0 aliphatic carbocycles. The number of nitrogens with two attached hydrogens (primary N) is 1. The Kier molecular flexibility index (Phi) is 4.23. The third-order valence-corrected chi connectivity index (χ3v) is 6.15. The van der Waals surface area contributed by atoms with Crippen LogP contribution in [0.4, 0.5) is 0 Å². The summed E-state index contributed by atoms with van der Waals surface area (Å²) in [7, 11) is -3.52. The number of rotatable bonds is 4. The molecular formula is C16H19N3O3S. The summed E-state index contributed by atoms with van der Waals surface area (Å²) in [4.78, 5) is 11.5. The van der Waals surface area contributed by atoms with Crippen LogP contribution in [0, 0.1) is 5.92 Å². The van der Waals surface area contributed by atoms with Crippen molar-refractivity contribution >= 4 is 15.9 Å². The molecule has 122 valence electrons. The monoisotopic (exact) mass is 333 g/mol. The molecule has 1 fully saturated rings. The van der Waals surface area contributed by atoms with Crippen LogP contribution in [0.3, 0.4) is 0 Å². The van der Waals surface area contributed by atoms with E-state index >= 15 is 0 Å². The van der Waals surface area contributed by atoms with Crippen LogP contribution in [0.25, 0.3) is 5.69 Å². The topological polar surface area (TPSA) is 85.4 Å². The fourth-order valence-electron chi connectivity index (χ4n) is 2.83. The number of primary amides is 1. The second-order valence-corrected chi connectivity index (χ2v) is 7.60. The first-order chi connectivity index (χ1) is 11.0. The second-order valence-electron chi connectivity index (χ2n) is 5.66. The maximum absolute atomic E-state index is 12.7. The maximum atomic E-state index is 12.7. The van der Waals surface area contributed by atoms with Crippen molar-refractivity contribution in [3.63, 3.8) is 0 Å². The van der Waals surface area contributed by atoms with E-state index in [0.717, 1.165) is 5.69 Å². The zero-order valence-corrected chi connectivity index (χ0v) is 13.4. The van der Waals surface area contributed by atoms with Crippen molar-refractivity contribution in [3.05, 3.63) is 48.8 Å². The molecule has 0 spiro atoms. The Labute approximate surface area is 135 Å². The van der Waals surface area contributed by atoms with Gasteiger partial charge in [-0.2, -0.15) is 4.31 Å². The van der Waals surface area contributed by atoms with Gasteiger partial charge in [-0.05, 0) is 49.2 Å². The highest BCUT2D eigenvalue weighted by Gasteiger charge is 2.31. The van der Waals surface area contributed by atoms with Gasteiger partial charge >= 0.3 is 0 Å². The second kappa shape index (κ2) is 6.17. The summed E-state index contributed by atoms with van der Waals surface area (Å²) in [6.07, 6.45) is 4.77. The Balaban J connectivity index is 1.76. The van der Waals surface area contributed by atoms with Crippen molar-refractivity contribution in [2.75, 3.05) is 13.1 Å². The molecule has 23 heavy (non-hydrogen) atoms. The lowest BCUT2D eigenvalue weighted by atomic mass is 9.98. The third kappa shape index (κ3) is 3.16. The summed E-state index contributed by atoms with van der Waals surface area (Å²) >= 11 is 0. The van der Waals surface area contributed by atoms with E-state index in [-0.39, 0.29) is 16.7 Å². The van der Waals surface area contributed by atoms with E-state index in [1.807, 2.05) is 29.1 Å². The molecule has 7 heteroatoms. The van der Waals surface area contributed by atoms with Crippen molar-refractivity contribution in [1.29, 1.82) is 0 Å². The van der Waals surface area contributed by atoms with Gasteiger partial charge < -0.3 is 10.3 Å². The Morgan fingerprint density at radius 2 is 1.61 bits per heavy atom.